The van der Waals surface area contributed by atoms with Gasteiger partial charge in [0.1, 0.15) is 5.60 Å². The van der Waals surface area contributed by atoms with Gasteiger partial charge in [0.2, 0.25) is 10.0 Å². The Kier molecular flexibility index (Phi) is 5.75. The van der Waals surface area contributed by atoms with Crippen molar-refractivity contribution in [1.82, 2.24) is 9.21 Å². The molecule has 1 aliphatic heterocycles. The van der Waals surface area contributed by atoms with Crippen LogP contribution in [0.1, 0.15) is 33.3 Å². The Hall–Kier alpha value is -1.64. The molecule has 1 amide bonds. The summed E-state index contributed by atoms with van der Waals surface area (Å²) in [6, 6.07) is 6.31. The lowest BCUT2D eigenvalue weighted by Crippen LogP contribution is -2.56. The highest BCUT2D eigenvalue weighted by Gasteiger charge is 2.35. The number of piperazine rings is 1. The first-order valence-corrected chi connectivity index (χ1v) is 9.77. The Morgan fingerprint density at radius 1 is 1.24 bits per heavy atom. The predicted octanol–water partition coefficient (Wildman–Crippen LogP) is 1.78. The second-order valence-electron chi connectivity index (χ2n) is 7.23. The molecule has 2 rings (SSSR count). The van der Waals surface area contributed by atoms with Gasteiger partial charge >= 0.3 is 6.09 Å². The second-order valence-corrected chi connectivity index (χ2v) is 9.17. The van der Waals surface area contributed by atoms with Crippen molar-refractivity contribution >= 4 is 16.1 Å². The number of nitrogens with zero attached hydrogens (tertiary/aromatic N) is 2. The number of ether oxygens (including phenoxy) is 1. The summed E-state index contributed by atoms with van der Waals surface area (Å²) in [5, 5.41) is 0. The minimum absolute atomic E-state index is 0.236. The van der Waals surface area contributed by atoms with Crippen molar-refractivity contribution < 1.29 is 17.9 Å². The van der Waals surface area contributed by atoms with Gasteiger partial charge in [-0.15, -0.1) is 0 Å². The van der Waals surface area contributed by atoms with Gasteiger partial charge in [0.15, 0.2) is 0 Å². The molecule has 1 saturated heterocycles. The van der Waals surface area contributed by atoms with Crippen molar-refractivity contribution in [2.24, 2.45) is 5.73 Å². The minimum atomic E-state index is -3.59. The zero-order valence-corrected chi connectivity index (χ0v) is 16.0. The van der Waals surface area contributed by atoms with E-state index in [1.54, 1.807) is 49.9 Å². The highest BCUT2D eigenvalue weighted by Crippen LogP contribution is 2.22. The highest BCUT2D eigenvalue weighted by molar-refractivity contribution is 7.89. The highest BCUT2D eigenvalue weighted by atomic mass is 32.2. The number of hydrogen-bond donors (Lipinski definition) is 1. The van der Waals surface area contributed by atoms with Crippen LogP contribution in [0.25, 0.3) is 0 Å². The van der Waals surface area contributed by atoms with Gasteiger partial charge in [0, 0.05) is 32.2 Å². The molecule has 1 heterocycles. The third-order valence-electron chi connectivity index (χ3n) is 4.02. The first kappa shape index (κ1) is 19.7. The van der Waals surface area contributed by atoms with Crippen molar-refractivity contribution in [3.05, 3.63) is 29.8 Å². The second kappa shape index (κ2) is 7.31. The van der Waals surface area contributed by atoms with Crippen molar-refractivity contribution in [2.75, 3.05) is 19.6 Å². The molecule has 0 spiro atoms. The Bertz CT molecular complexity index is 710. The van der Waals surface area contributed by atoms with E-state index in [0.717, 1.165) is 5.56 Å². The summed E-state index contributed by atoms with van der Waals surface area (Å²) in [4.78, 5) is 14.1. The average molecular weight is 369 g/mol. The Labute approximate surface area is 149 Å². The quantitative estimate of drug-likeness (QED) is 0.876. The summed E-state index contributed by atoms with van der Waals surface area (Å²) < 4.78 is 32.4. The maximum absolute atomic E-state index is 12.8. The lowest BCUT2D eigenvalue weighted by atomic mass is 10.2. The number of hydrogen-bond acceptors (Lipinski definition) is 5. The maximum Gasteiger partial charge on any atom is 0.410 e. The molecule has 1 aromatic carbocycles. The zero-order valence-electron chi connectivity index (χ0n) is 15.2. The molecule has 1 aliphatic rings. The predicted molar refractivity (Wildman–Crippen MR) is 95.5 cm³/mol. The standard InChI is InChI=1S/C17H27N3O4S/c1-13-12-19(9-10-20(13)16(21)24-17(2,3)4)25(22,23)15-7-5-14(11-18)6-8-15/h5-8,13H,9-12,18H2,1-4H3. The molecule has 1 unspecified atom stereocenters. The number of rotatable bonds is 3. The van der Waals surface area contributed by atoms with Gasteiger partial charge in [-0.25, -0.2) is 13.2 Å². The first-order chi connectivity index (χ1) is 11.5. The van der Waals surface area contributed by atoms with Gasteiger partial charge < -0.3 is 15.4 Å². The number of amides is 1. The molecule has 0 radical (unpaired) electrons. The summed E-state index contributed by atoms with van der Waals surface area (Å²) in [6.45, 7) is 8.39. The summed E-state index contributed by atoms with van der Waals surface area (Å²) in [7, 11) is -3.59. The van der Waals surface area contributed by atoms with E-state index in [-0.39, 0.29) is 24.0 Å². The van der Waals surface area contributed by atoms with Crippen LogP contribution in [-0.2, 0) is 21.3 Å². The van der Waals surface area contributed by atoms with Crippen LogP contribution in [0, 0.1) is 0 Å². The molecule has 1 aromatic rings. The van der Waals surface area contributed by atoms with E-state index in [0.29, 0.717) is 13.1 Å². The van der Waals surface area contributed by atoms with Gasteiger partial charge in [-0.05, 0) is 45.4 Å². The Balaban J connectivity index is 2.09. The number of carbonyl (C=O) groups is 1. The van der Waals surface area contributed by atoms with E-state index in [1.165, 1.54) is 4.31 Å². The molecule has 8 heteroatoms. The van der Waals surface area contributed by atoms with Gasteiger partial charge in [0.05, 0.1) is 4.90 Å². The molecule has 0 bridgehead atoms. The van der Waals surface area contributed by atoms with E-state index in [9.17, 15) is 13.2 Å². The van der Waals surface area contributed by atoms with Crippen LogP contribution in [-0.4, -0.2) is 55.0 Å². The van der Waals surface area contributed by atoms with Crippen molar-refractivity contribution in [3.8, 4) is 0 Å². The monoisotopic (exact) mass is 369 g/mol. The molecule has 140 valence electrons. The largest absolute Gasteiger partial charge is 0.444 e. The molecular weight excluding hydrogens is 342 g/mol. The summed E-state index contributed by atoms with van der Waals surface area (Å²) in [5.74, 6) is 0. The fourth-order valence-electron chi connectivity index (χ4n) is 2.68. The number of sulfonamides is 1. The molecule has 7 nitrogen and oxygen atoms in total. The fourth-order valence-corrected chi connectivity index (χ4v) is 4.19. The smallest absolute Gasteiger partial charge is 0.410 e. The van der Waals surface area contributed by atoms with E-state index < -0.39 is 21.7 Å². The molecule has 0 aromatic heterocycles. The van der Waals surface area contributed by atoms with Crippen molar-refractivity contribution in [1.29, 1.82) is 0 Å². The van der Waals surface area contributed by atoms with Crippen LogP contribution in [0.2, 0.25) is 0 Å². The van der Waals surface area contributed by atoms with Crippen LogP contribution >= 0.6 is 0 Å². The van der Waals surface area contributed by atoms with Gasteiger partial charge in [0.25, 0.3) is 0 Å². The minimum Gasteiger partial charge on any atom is -0.444 e. The third kappa shape index (κ3) is 4.71. The van der Waals surface area contributed by atoms with Crippen molar-refractivity contribution in [2.45, 2.75) is 50.8 Å². The topological polar surface area (TPSA) is 92.9 Å². The van der Waals surface area contributed by atoms with Crippen LogP contribution in [0.5, 0.6) is 0 Å². The van der Waals surface area contributed by atoms with E-state index >= 15 is 0 Å². The molecule has 0 saturated carbocycles. The van der Waals surface area contributed by atoms with Crippen LogP contribution in [0.3, 0.4) is 0 Å². The Morgan fingerprint density at radius 2 is 1.84 bits per heavy atom. The van der Waals surface area contributed by atoms with Crippen LogP contribution in [0.15, 0.2) is 29.2 Å². The van der Waals surface area contributed by atoms with Crippen LogP contribution < -0.4 is 5.73 Å². The normalized spacial score (nSPS) is 19.7. The SMILES string of the molecule is CC1CN(S(=O)(=O)c2ccc(CN)cc2)CCN1C(=O)OC(C)(C)C. The molecule has 1 fully saturated rings. The number of nitrogens with two attached hydrogens (primary N) is 1. The fraction of sp³-hybridized carbons (Fsp3) is 0.588. The first-order valence-electron chi connectivity index (χ1n) is 8.33. The van der Waals surface area contributed by atoms with Gasteiger partial charge in [-0.2, -0.15) is 4.31 Å². The average Bonchev–Trinajstić information content (AvgIpc) is 2.53. The Morgan fingerprint density at radius 3 is 2.32 bits per heavy atom. The molecular formula is C17H27N3O4S. The molecule has 0 aliphatic carbocycles. The molecule has 25 heavy (non-hydrogen) atoms. The number of benzene rings is 1. The van der Waals surface area contributed by atoms with E-state index in [2.05, 4.69) is 0 Å². The molecule has 2 N–H and O–H groups in total. The zero-order chi connectivity index (χ0) is 18.8. The number of carbonyl (C=O) groups excluding carboxylic acids is 1. The maximum atomic E-state index is 12.8. The van der Waals surface area contributed by atoms with Gasteiger partial charge in [-0.1, -0.05) is 12.1 Å². The van der Waals surface area contributed by atoms with Crippen LogP contribution in [0.4, 0.5) is 4.79 Å². The van der Waals surface area contributed by atoms with E-state index in [1.807, 2.05) is 6.92 Å². The lowest BCUT2D eigenvalue weighted by molar-refractivity contribution is 0.00859. The third-order valence-corrected chi connectivity index (χ3v) is 5.89. The summed E-state index contributed by atoms with van der Waals surface area (Å²) in [6.07, 6.45) is -0.413. The van der Waals surface area contributed by atoms with Gasteiger partial charge in [-0.3, -0.25) is 0 Å². The molecule has 1 atom stereocenters. The lowest BCUT2D eigenvalue weighted by Gasteiger charge is -2.39. The summed E-state index contributed by atoms with van der Waals surface area (Å²) >= 11 is 0. The summed E-state index contributed by atoms with van der Waals surface area (Å²) in [5.41, 5.74) is 5.85. The van der Waals surface area contributed by atoms with Crippen molar-refractivity contribution in [3.63, 3.8) is 0 Å². The van der Waals surface area contributed by atoms with E-state index in [4.69, 9.17) is 10.5 Å².